The van der Waals surface area contributed by atoms with Gasteiger partial charge in [-0.2, -0.15) is 0 Å². The maximum Gasteiger partial charge on any atom is 0.293 e. The minimum atomic E-state index is -0.457. The Morgan fingerprint density at radius 1 is 1.17 bits per heavy atom. The number of nitrogens with zero attached hydrogens (tertiary/aromatic N) is 2. The highest BCUT2D eigenvalue weighted by Crippen LogP contribution is 2.30. The standard InChI is InChI=1S/C21H25ClN4O3/c1-14-5-7-18(26(28)29)21(16(14)3)23-20(27)13-24-8-10-25(11-9-24)19-12-17(22)6-4-15(19)2/h4-7,12H,8-11,13H2,1-3H3,(H,23,27)/p+1. The Morgan fingerprint density at radius 2 is 1.83 bits per heavy atom. The maximum atomic E-state index is 12.6. The first kappa shape index (κ1) is 21.1. The van der Waals surface area contributed by atoms with Gasteiger partial charge < -0.3 is 15.1 Å². The molecule has 7 nitrogen and oxygen atoms in total. The number of carbonyl (C=O) groups is 1. The number of rotatable bonds is 5. The van der Waals surface area contributed by atoms with Crippen molar-refractivity contribution < 1.29 is 14.6 Å². The number of carbonyl (C=O) groups excluding carboxylic acids is 1. The molecular weight excluding hydrogens is 392 g/mol. The SMILES string of the molecule is Cc1ccc(Cl)cc1N1CC[NH+](CC(=O)Nc2c([N+](=O)[O-])ccc(C)c2C)CC1. The number of nitro groups is 1. The Kier molecular flexibility index (Phi) is 6.39. The number of amides is 1. The van der Waals surface area contributed by atoms with Gasteiger partial charge in [-0.1, -0.05) is 23.7 Å². The molecule has 3 rings (SSSR count). The van der Waals surface area contributed by atoms with Crippen LogP contribution in [0.1, 0.15) is 16.7 Å². The van der Waals surface area contributed by atoms with Crippen LogP contribution in [0.25, 0.3) is 0 Å². The average Bonchev–Trinajstić information content (AvgIpc) is 2.68. The topological polar surface area (TPSA) is 79.9 Å². The van der Waals surface area contributed by atoms with Crippen LogP contribution in [0.5, 0.6) is 0 Å². The van der Waals surface area contributed by atoms with Crippen LogP contribution in [0.15, 0.2) is 30.3 Å². The third-order valence-corrected chi connectivity index (χ3v) is 5.80. The van der Waals surface area contributed by atoms with E-state index in [1.54, 1.807) is 13.0 Å². The second-order valence-corrected chi connectivity index (χ2v) is 7.99. The first-order valence-electron chi connectivity index (χ1n) is 9.65. The monoisotopic (exact) mass is 417 g/mol. The van der Waals surface area contributed by atoms with Gasteiger partial charge in [0.2, 0.25) is 0 Å². The predicted octanol–water partition coefficient (Wildman–Crippen LogP) is 2.52. The molecule has 0 aliphatic carbocycles. The molecule has 0 radical (unpaired) electrons. The van der Waals surface area contributed by atoms with Crippen molar-refractivity contribution in [2.75, 3.05) is 42.9 Å². The zero-order valence-corrected chi connectivity index (χ0v) is 17.7. The molecule has 2 N–H and O–H groups in total. The van der Waals surface area contributed by atoms with Crippen molar-refractivity contribution in [2.45, 2.75) is 20.8 Å². The van der Waals surface area contributed by atoms with Crippen LogP contribution < -0.4 is 15.1 Å². The molecule has 0 unspecified atom stereocenters. The summed E-state index contributed by atoms with van der Waals surface area (Å²) < 4.78 is 0. The third-order valence-electron chi connectivity index (χ3n) is 5.57. The zero-order chi connectivity index (χ0) is 21.1. The molecule has 8 heteroatoms. The minimum absolute atomic E-state index is 0.0716. The molecule has 0 spiro atoms. The molecule has 1 fully saturated rings. The lowest BCUT2D eigenvalue weighted by Crippen LogP contribution is -3.15. The first-order valence-corrected chi connectivity index (χ1v) is 10.0. The zero-order valence-electron chi connectivity index (χ0n) is 16.9. The maximum absolute atomic E-state index is 12.6. The molecule has 0 bridgehead atoms. The largest absolute Gasteiger partial charge is 0.360 e. The van der Waals surface area contributed by atoms with Gasteiger partial charge in [0, 0.05) is 16.8 Å². The summed E-state index contributed by atoms with van der Waals surface area (Å²) in [4.78, 5) is 26.9. The summed E-state index contributed by atoms with van der Waals surface area (Å²) in [6.45, 7) is 9.29. The Hall–Kier alpha value is -2.64. The lowest BCUT2D eigenvalue weighted by molar-refractivity contribution is -0.892. The van der Waals surface area contributed by atoms with Crippen molar-refractivity contribution in [2.24, 2.45) is 0 Å². The number of quaternary nitrogens is 1. The highest BCUT2D eigenvalue weighted by Gasteiger charge is 2.25. The number of halogens is 1. The minimum Gasteiger partial charge on any atom is -0.360 e. The van der Waals surface area contributed by atoms with E-state index in [9.17, 15) is 14.9 Å². The van der Waals surface area contributed by atoms with E-state index in [-0.39, 0.29) is 18.1 Å². The van der Waals surface area contributed by atoms with Crippen LogP contribution in [0.4, 0.5) is 17.1 Å². The van der Waals surface area contributed by atoms with Crippen molar-refractivity contribution in [3.8, 4) is 0 Å². The molecular formula is C21H26ClN4O3+. The first-order chi connectivity index (χ1) is 13.8. The molecule has 0 saturated carbocycles. The Balaban J connectivity index is 1.62. The molecule has 0 aromatic heterocycles. The van der Waals surface area contributed by atoms with Gasteiger partial charge in [-0.05, 0) is 49.6 Å². The highest BCUT2D eigenvalue weighted by molar-refractivity contribution is 6.30. The lowest BCUT2D eigenvalue weighted by atomic mass is 10.1. The van der Waals surface area contributed by atoms with Gasteiger partial charge in [-0.3, -0.25) is 14.9 Å². The number of anilines is 2. The van der Waals surface area contributed by atoms with E-state index in [1.807, 2.05) is 25.1 Å². The highest BCUT2D eigenvalue weighted by atomic mass is 35.5. The second-order valence-electron chi connectivity index (χ2n) is 7.55. The van der Waals surface area contributed by atoms with Crippen molar-refractivity contribution in [3.63, 3.8) is 0 Å². The molecule has 0 atom stereocenters. The van der Waals surface area contributed by atoms with E-state index < -0.39 is 4.92 Å². The van der Waals surface area contributed by atoms with E-state index in [2.05, 4.69) is 17.1 Å². The van der Waals surface area contributed by atoms with E-state index in [0.717, 1.165) is 52.9 Å². The van der Waals surface area contributed by atoms with Gasteiger partial charge in [0.15, 0.2) is 6.54 Å². The molecule has 1 heterocycles. The fraction of sp³-hybridized carbons (Fsp3) is 0.381. The third kappa shape index (κ3) is 4.86. The van der Waals surface area contributed by atoms with Gasteiger partial charge >= 0.3 is 0 Å². The Labute approximate surface area is 175 Å². The van der Waals surface area contributed by atoms with Crippen LogP contribution >= 0.6 is 11.6 Å². The summed E-state index contributed by atoms with van der Waals surface area (Å²) in [6, 6.07) is 9.02. The molecule has 154 valence electrons. The van der Waals surface area contributed by atoms with Gasteiger partial charge in [0.25, 0.3) is 11.6 Å². The second kappa shape index (κ2) is 8.80. The molecule has 2 aromatic rings. The number of aryl methyl sites for hydroxylation is 2. The van der Waals surface area contributed by atoms with E-state index in [1.165, 1.54) is 11.6 Å². The normalized spacial score (nSPS) is 14.7. The Bertz CT molecular complexity index is 940. The average molecular weight is 418 g/mol. The van der Waals surface area contributed by atoms with Gasteiger partial charge in [0.1, 0.15) is 5.69 Å². The van der Waals surface area contributed by atoms with Crippen molar-refractivity contribution >= 4 is 34.6 Å². The predicted molar refractivity (Wildman–Crippen MR) is 115 cm³/mol. The summed E-state index contributed by atoms with van der Waals surface area (Å²) in [7, 11) is 0. The quantitative estimate of drug-likeness (QED) is 0.578. The smallest absolute Gasteiger partial charge is 0.293 e. The lowest BCUT2D eigenvalue weighted by Gasteiger charge is -2.34. The van der Waals surface area contributed by atoms with E-state index in [0.29, 0.717) is 5.69 Å². The number of benzene rings is 2. The number of piperazine rings is 1. The molecule has 1 amide bonds. The molecule has 1 aliphatic rings. The van der Waals surface area contributed by atoms with Crippen LogP contribution in [0.2, 0.25) is 5.02 Å². The molecule has 2 aromatic carbocycles. The number of nitro benzene ring substituents is 1. The van der Waals surface area contributed by atoms with Gasteiger partial charge in [-0.25, -0.2) is 0 Å². The summed E-state index contributed by atoms with van der Waals surface area (Å²) in [5, 5.41) is 14.8. The van der Waals surface area contributed by atoms with Gasteiger partial charge in [-0.15, -0.1) is 0 Å². The van der Waals surface area contributed by atoms with E-state index >= 15 is 0 Å². The van der Waals surface area contributed by atoms with Crippen LogP contribution in [0.3, 0.4) is 0 Å². The fourth-order valence-electron chi connectivity index (χ4n) is 3.69. The van der Waals surface area contributed by atoms with Gasteiger partial charge in [0.05, 0.1) is 31.1 Å². The van der Waals surface area contributed by atoms with E-state index in [4.69, 9.17) is 11.6 Å². The molecule has 1 aliphatic heterocycles. The van der Waals surface area contributed by atoms with Crippen molar-refractivity contribution in [1.29, 1.82) is 0 Å². The number of nitrogens with one attached hydrogen (secondary N) is 2. The van der Waals surface area contributed by atoms with Crippen molar-refractivity contribution in [1.82, 2.24) is 0 Å². The number of hydrogen-bond donors (Lipinski definition) is 2. The Morgan fingerprint density at radius 3 is 2.48 bits per heavy atom. The van der Waals surface area contributed by atoms with Crippen LogP contribution in [-0.2, 0) is 4.79 Å². The fourth-order valence-corrected chi connectivity index (χ4v) is 3.85. The van der Waals surface area contributed by atoms with Crippen LogP contribution in [0, 0.1) is 30.9 Å². The molecule has 29 heavy (non-hydrogen) atoms. The van der Waals surface area contributed by atoms with Crippen molar-refractivity contribution in [3.05, 3.63) is 62.2 Å². The number of hydrogen-bond acceptors (Lipinski definition) is 4. The summed E-state index contributed by atoms with van der Waals surface area (Å²) in [6.07, 6.45) is 0. The summed E-state index contributed by atoms with van der Waals surface area (Å²) in [5.41, 5.74) is 4.17. The summed E-state index contributed by atoms with van der Waals surface area (Å²) >= 11 is 6.14. The summed E-state index contributed by atoms with van der Waals surface area (Å²) in [5.74, 6) is -0.204. The van der Waals surface area contributed by atoms with Crippen LogP contribution in [-0.4, -0.2) is 43.6 Å². The molecule has 1 saturated heterocycles.